The fourth-order valence-electron chi connectivity index (χ4n) is 2.42. The summed E-state index contributed by atoms with van der Waals surface area (Å²) in [5.74, 6) is 1.16. The van der Waals surface area contributed by atoms with Crippen molar-refractivity contribution in [2.75, 3.05) is 5.32 Å². The Kier molecular flexibility index (Phi) is 5.58. The molecule has 0 fully saturated rings. The van der Waals surface area contributed by atoms with Crippen LogP contribution in [0.15, 0.2) is 64.9 Å². The van der Waals surface area contributed by atoms with Gasteiger partial charge in [-0.1, -0.05) is 36.0 Å². The zero-order chi connectivity index (χ0) is 18.5. The minimum Gasteiger partial charge on any atom is -0.461 e. The number of hydrogen-bond donors (Lipinski definition) is 1. The second kappa shape index (κ2) is 8.05. The van der Waals surface area contributed by atoms with Gasteiger partial charge in [0.15, 0.2) is 10.9 Å². The molecule has 2 heterocycles. The first kappa shape index (κ1) is 18.0. The zero-order valence-electron chi connectivity index (χ0n) is 14.7. The summed E-state index contributed by atoms with van der Waals surface area (Å²) in [6.45, 7) is 8.12. The van der Waals surface area contributed by atoms with Gasteiger partial charge >= 0.3 is 0 Å². The number of hydrogen-bond acceptors (Lipinski definition) is 5. The Hall–Kier alpha value is -2.80. The number of carbonyl (C=O) groups is 1. The predicted molar refractivity (Wildman–Crippen MR) is 103 cm³/mol. The summed E-state index contributed by atoms with van der Waals surface area (Å²) in [6.07, 6.45) is 3.35. The van der Waals surface area contributed by atoms with E-state index in [0.29, 0.717) is 23.3 Å². The quantitative estimate of drug-likeness (QED) is 0.501. The van der Waals surface area contributed by atoms with Crippen molar-refractivity contribution in [2.24, 2.45) is 0 Å². The number of allylic oxidation sites excluding steroid dienone is 1. The molecule has 0 aliphatic heterocycles. The SMILES string of the molecule is C=CCn1c(SC(C)C(=O)Nc2ccccc2C)nnc1-c1ccco1. The van der Waals surface area contributed by atoms with E-state index in [1.54, 1.807) is 18.4 Å². The van der Waals surface area contributed by atoms with Crippen molar-refractivity contribution in [3.8, 4) is 11.6 Å². The lowest BCUT2D eigenvalue weighted by molar-refractivity contribution is -0.115. The smallest absolute Gasteiger partial charge is 0.237 e. The van der Waals surface area contributed by atoms with Crippen LogP contribution in [0, 0.1) is 6.92 Å². The molecule has 1 aromatic carbocycles. The molecule has 1 atom stereocenters. The summed E-state index contributed by atoms with van der Waals surface area (Å²) in [6, 6.07) is 11.3. The Morgan fingerprint density at radius 2 is 2.15 bits per heavy atom. The van der Waals surface area contributed by atoms with Crippen LogP contribution >= 0.6 is 11.8 Å². The molecule has 3 aromatic rings. The lowest BCUT2D eigenvalue weighted by Crippen LogP contribution is -2.23. The van der Waals surface area contributed by atoms with Crippen molar-refractivity contribution in [3.05, 3.63) is 60.9 Å². The van der Waals surface area contributed by atoms with Crippen LogP contribution in [-0.2, 0) is 11.3 Å². The highest BCUT2D eigenvalue weighted by Crippen LogP contribution is 2.28. The molecule has 1 N–H and O–H groups in total. The van der Waals surface area contributed by atoms with Gasteiger partial charge < -0.3 is 9.73 Å². The van der Waals surface area contributed by atoms with E-state index in [1.807, 2.05) is 48.7 Å². The Morgan fingerprint density at radius 3 is 2.85 bits per heavy atom. The number of furan rings is 1. The molecule has 0 spiro atoms. The van der Waals surface area contributed by atoms with Crippen LogP contribution in [0.5, 0.6) is 0 Å². The summed E-state index contributed by atoms with van der Waals surface area (Å²) in [7, 11) is 0. The molecule has 26 heavy (non-hydrogen) atoms. The number of aryl methyl sites for hydroxylation is 1. The molecule has 134 valence electrons. The maximum absolute atomic E-state index is 12.5. The Bertz CT molecular complexity index is 902. The fourth-order valence-corrected chi connectivity index (χ4v) is 3.28. The number of rotatable bonds is 7. The van der Waals surface area contributed by atoms with Gasteiger partial charge in [0.25, 0.3) is 0 Å². The Balaban J connectivity index is 1.76. The molecule has 0 aliphatic rings. The second-order valence-corrected chi connectivity index (χ2v) is 7.05. The third-order valence-electron chi connectivity index (χ3n) is 3.82. The van der Waals surface area contributed by atoms with Gasteiger partial charge in [0.2, 0.25) is 11.7 Å². The number of aromatic nitrogens is 3. The molecular weight excluding hydrogens is 348 g/mol. The molecule has 7 heteroatoms. The number of carbonyl (C=O) groups excluding carboxylic acids is 1. The van der Waals surface area contributed by atoms with E-state index in [4.69, 9.17) is 4.42 Å². The number of anilines is 1. The maximum Gasteiger partial charge on any atom is 0.237 e. The van der Waals surface area contributed by atoms with Gasteiger partial charge in [-0.25, -0.2) is 0 Å². The van der Waals surface area contributed by atoms with Crippen LogP contribution in [0.2, 0.25) is 0 Å². The third-order valence-corrected chi connectivity index (χ3v) is 4.90. The van der Waals surface area contributed by atoms with Crippen LogP contribution in [0.1, 0.15) is 12.5 Å². The Labute approximate surface area is 156 Å². The number of thioether (sulfide) groups is 1. The normalized spacial score (nSPS) is 11.9. The number of nitrogens with zero attached hydrogens (tertiary/aromatic N) is 3. The zero-order valence-corrected chi connectivity index (χ0v) is 15.5. The molecule has 0 aliphatic carbocycles. The van der Waals surface area contributed by atoms with Crippen LogP contribution in [0.3, 0.4) is 0 Å². The van der Waals surface area contributed by atoms with Gasteiger partial charge in [-0.2, -0.15) is 0 Å². The van der Waals surface area contributed by atoms with E-state index in [0.717, 1.165) is 11.3 Å². The third kappa shape index (κ3) is 3.88. The highest BCUT2D eigenvalue weighted by atomic mass is 32.2. The molecule has 1 unspecified atom stereocenters. The van der Waals surface area contributed by atoms with Crippen molar-refractivity contribution in [1.29, 1.82) is 0 Å². The topological polar surface area (TPSA) is 73.0 Å². The van der Waals surface area contributed by atoms with Gasteiger partial charge in [-0.15, -0.1) is 16.8 Å². The number of nitrogens with one attached hydrogen (secondary N) is 1. The van der Waals surface area contributed by atoms with Crippen molar-refractivity contribution in [1.82, 2.24) is 14.8 Å². The van der Waals surface area contributed by atoms with Crippen LogP contribution in [0.4, 0.5) is 5.69 Å². The van der Waals surface area contributed by atoms with Crippen molar-refractivity contribution in [3.63, 3.8) is 0 Å². The van der Waals surface area contributed by atoms with Crippen LogP contribution < -0.4 is 5.32 Å². The number of para-hydroxylation sites is 1. The summed E-state index contributed by atoms with van der Waals surface area (Å²) < 4.78 is 7.30. The van der Waals surface area contributed by atoms with Gasteiger partial charge in [-0.3, -0.25) is 9.36 Å². The molecule has 3 rings (SSSR count). The second-order valence-electron chi connectivity index (χ2n) is 5.75. The highest BCUT2D eigenvalue weighted by Gasteiger charge is 2.21. The molecule has 0 radical (unpaired) electrons. The first-order valence-electron chi connectivity index (χ1n) is 8.21. The molecule has 6 nitrogen and oxygen atoms in total. The summed E-state index contributed by atoms with van der Waals surface area (Å²) in [5, 5.41) is 11.7. The van der Waals surface area contributed by atoms with Crippen molar-refractivity contribution >= 4 is 23.4 Å². The van der Waals surface area contributed by atoms with E-state index < -0.39 is 0 Å². The molecular formula is C19H20N4O2S. The molecule has 0 saturated heterocycles. The van der Waals surface area contributed by atoms with Gasteiger partial charge in [0.1, 0.15) is 0 Å². The average molecular weight is 368 g/mol. The van der Waals surface area contributed by atoms with E-state index in [9.17, 15) is 4.79 Å². The largest absolute Gasteiger partial charge is 0.461 e. The number of amides is 1. The lowest BCUT2D eigenvalue weighted by Gasteiger charge is -2.13. The molecule has 2 aromatic heterocycles. The van der Waals surface area contributed by atoms with E-state index >= 15 is 0 Å². The Morgan fingerprint density at radius 1 is 1.35 bits per heavy atom. The minimum absolute atomic E-state index is 0.0861. The standard InChI is InChI=1S/C19H20N4O2S/c1-4-11-23-17(16-10-7-12-25-16)21-22-19(23)26-14(3)18(24)20-15-9-6-5-8-13(15)2/h4-10,12,14H,1,11H2,2-3H3,(H,20,24). The predicted octanol–water partition coefficient (Wildman–Crippen LogP) is 4.15. The summed E-state index contributed by atoms with van der Waals surface area (Å²) in [4.78, 5) is 12.5. The van der Waals surface area contributed by atoms with Crippen molar-refractivity contribution in [2.45, 2.75) is 30.8 Å². The maximum atomic E-state index is 12.5. The minimum atomic E-state index is -0.341. The highest BCUT2D eigenvalue weighted by molar-refractivity contribution is 8.00. The lowest BCUT2D eigenvalue weighted by atomic mass is 10.2. The van der Waals surface area contributed by atoms with Gasteiger partial charge in [-0.05, 0) is 37.6 Å². The fraction of sp³-hybridized carbons (Fsp3) is 0.211. The summed E-state index contributed by atoms with van der Waals surface area (Å²) >= 11 is 1.35. The van der Waals surface area contributed by atoms with Crippen LogP contribution in [-0.4, -0.2) is 25.9 Å². The van der Waals surface area contributed by atoms with Crippen LogP contribution in [0.25, 0.3) is 11.6 Å². The number of benzene rings is 1. The molecule has 0 bridgehead atoms. The average Bonchev–Trinajstić information content (AvgIpc) is 3.28. The first-order valence-corrected chi connectivity index (χ1v) is 9.09. The van der Waals surface area contributed by atoms with E-state index in [2.05, 4.69) is 22.1 Å². The van der Waals surface area contributed by atoms with Gasteiger partial charge in [0, 0.05) is 12.2 Å². The molecule has 0 saturated carbocycles. The van der Waals surface area contributed by atoms with Gasteiger partial charge in [0.05, 0.1) is 11.5 Å². The molecule has 1 amide bonds. The van der Waals surface area contributed by atoms with E-state index in [-0.39, 0.29) is 11.2 Å². The monoisotopic (exact) mass is 368 g/mol. The first-order chi connectivity index (χ1) is 12.6. The van der Waals surface area contributed by atoms with Crippen molar-refractivity contribution < 1.29 is 9.21 Å². The van der Waals surface area contributed by atoms with E-state index in [1.165, 1.54) is 11.8 Å². The summed E-state index contributed by atoms with van der Waals surface area (Å²) in [5.41, 5.74) is 1.83.